The predicted octanol–water partition coefficient (Wildman–Crippen LogP) is 4.28. The third-order valence-electron chi connectivity index (χ3n) is 3.31. The summed E-state index contributed by atoms with van der Waals surface area (Å²) < 4.78 is 36.3. The van der Waals surface area contributed by atoms with Gasteiger partial charge in [0.25, 0.3) is 6.43 Å². The highest BCUT2D eigenvalue weighted by molar-refractivity contribution is 5.73. The van der Waals surface area contributed by atoms with E-state index >= 15 is 0 Å². The Hall–Kier alpha value is -3.09. The lowest BCUT2D eigenvalue weighted by Gasteiger charge is -2.12. The highest BCUT2D eigenvalue weighted by atomic mass is 19.3. The summed E-state index contributed by atoms with van der Waals surface area (Å²) in [6, 6.07) is 7.27. The third-order valence-corrected chi connectivity index (χ3v) is 3.31. The number of hydrogen-bond donors (Lipinski definition) is 0. The second-order valence-electron chi connectivity index (χ2n) is 4.79. The number of alkyl halides is 2. The first-order chi connectivity index (χ1) is 11.7. The molecule has 0 amide bonds. The number of aromatic nitrogens is 3. The molecular weight excluding hydrogens is 316 g/mol. The molecule has 1 aromatic carbocycles. The highest BCUT2D eigenvalue weighted by Gasteiger charge is 2.14. The number of benzene rings is 1. The van der Waals surface area contributed by atoms with Gasteiger partial charge in [-0.1, -0.05) is 0 Å². The summed E-state index contributed by atoms with van der Waals surface area (Å²) >= 11 is 0. The Morgan fingerprint density at radius 2 is 1.71 bits per heavy atom. The molecule has 0 radical (unpaired) electrons. The van der Waals surface area contributed by atoms with Crippen LogP contribution in [0.15, 0.2) is 55.2 Å². The first-order valence-corrected chi connectivity index (χ1v) is 7.03. The molecule has 0 aliphatic rings. The van der Waals surface area contributed by atoms with Crippen molar-refractivity contribution < 1.29 is 18.3 Å². The second kappa shape index (κ2) is 6.99. The van der Waals surface area contributed by atoms with E-state index in [9.17, 15) is 8.78 Å². The Labute approximate surface area is 136 Å². The van der Waals surface area contributed by atoms with E-state index < -0.39 is 6.43 Å². The van der Waals surface area contributed by atoms with Crippen molar-refractivity contribution in [3.05, 3.63) is 60.8 Å². The van der Waals surface area contributed by atoms with Crippen LogP contribution in [0.2, 0.25) is 0 Å². The lowest BCUT2D eigenvalue weighted by atomic mass is 10.1. The number of hydrogen-bond acceptors (Lipinski definition) is 5. The van der Waals surface area contributed by atoms with Gasteiger partial charge in [0.2, 0.25) is 5.88 Å². The molecule has 0 atom stereocenters. The van der Waals surface area contributed by atoms with Gasteiger partial charge in [0.05, 0.1) is 12.7 Å². The average Bonchev–Trinajstić information content (AvgIpc) is 2.62. The SMILES string of the molecule is COc1ccncc1-c1cncnc1Oc1ccc(C(F)F)cc1. The zero-order valence-electron chi connectivity index (χ0n) is 12.7. The van der Waals surface area contributed by atoms with Gasteiger partial charge in [-0.25, -0.2) is 18.7 Å². The minimum absolute atomic E-state index is 0.0702. The number of halogens is 2. The van der Waals surface area contributed by atoms with Gasteiger partial charge in [0.1, 0.15) is 17.8 Å². The normalized spacial score (nSPS) is 10.7. The molecule has 24 heavy (non-hydrogen) atoms. The highest BCUT2D eigenvalue weighted by Crippen LogP contribution is 2.35. The summed E-state index contributed by atoms with van der Waals surface area (Å²) in [5.74, 6) is 1.26. The fourth-order valence-corrected chi connectivity index (χ4v) is 2.14. The molecule has 0 unspecified atom stereocenters. The van der Waals surface area contributed by atoms with Gasteiger partial charge >= 0.3 is 0 Å². The molecule has 0 N–H and O–H groups in total. The summed E-state index contributed by atoms with van der Waals surface area (Å²) in [6.45, 7) is 0. The van der Waals surface area contributed by atoms with Gasteiger partial charge in [-0.15, -0.1) is 0 Å². The molecule has 0 bridgehead atoms. The lowest BCUT2D eigenvalue weighted by Crippen LogP contribution is -1.96. The quantitative estimate of drug-likeness (QED) is 0.699. The molecule has 5 nitrogen and oxygen atoms in total. The zero-order valence-corrected chi connectivity index (χ0v) is 12.7. The maximum absolute atomic E-state index is 12.6. The van der Waals surface area contributed by atoms with E-state index in [4.69, 9.17) is 9.47 Å². The standard InChI is InChI=1S/C17H13F2N3O2/c1-23-15-6-7-20-8-13(15)14-9-21-10-22-17(14)24-12-4-2-11(3-5-12)16(18)19/h2-10,16H,1H3. The Kier molecular flexibility index (Phi) is 4.60. The molecule has 2 aromatic heterocycles. The van der Waals surface area contributed by atoms with Gasteiger partial charge in [-0.05, 0) is 30.3 Å². The fraction of sp³-hybridized carbons (Fsp3) is 0.118. The fourth-order valence-electron chi connectivity index (χ4n) is 2.14. The second-order valence-corrected chi connectivity index (χ2v) is 4.79. The zero-order chi connectivity index (χ0) is 16.9. The maximum atomic E-state index is 12.6. The van der Waals surface area contributed by atoms with Gasteiger partial charge in [0, 0.05) is 29.7 Å². The molecule has 0 fully saturated rings. The van der Waals surface area contributed by atoms with E-state index in [0.717, 1.165) is 0 Å². The van der Waals surface area contributed by atoms with E-state index in [1.54, 1.807) is 31.8 Å². The average molecular weight is 329 g/mol. The van der Waals surface area contributed by atoms with Crippen LogP contribution in [0.25, 0.3) is 11.1 Å². The minimum Gasteiger partial charge on any atom is -0.496 e. The summed E-state index contributed by atoms with van der Waals surface area (Å²) in [5, 5.41) is 0. The van der Waals surface area contributed by atoms with Crippen LogP contribution in [0.1, 0.15) is 12.0 Å². The van der Waals surface area contributed by atoms with Crippen molar-refractivity contribution in [3.63, 3.8) is 0 Å². The molecule has 0 saturated carbocycles. The van der Waals surface area contributed by atoms with Gasteiger partial charge in [-0.2, -0.15) is 0 Å². The molecular formula is C17H13F2N3O2. The van der Waals surface area contributed by atoms with E-state index in [0.29, 0.717) is 22.6 Å². The van der Waals surface area contributed by atoms with Crippen LogP contribution in [0.3, 0.4) is 0 Å². The number of ether oxygens (including phenoxy) is 2. The number of nitrogens with zero attached hydrogens (tertiary/aromatic N) is 3. The summed E-state index contributed by atoms with van der Waals surface area (Å²) in [4.78, 5) is 12.2. The van der Waals surface area contributed by atoms with Crippen molar-refractivity contribution in [1.29, 1.82) is 0 Å². The molecule has 0 aliphatic carbocycles. The number of methoxy groups -OCH3 is 1. The first kappa shape index (κ1) is 15.8. The predicted molar refractivity (Wildman–Crippen MR) is 83.3 cm³/mol. The molecule has 3 rings (SSSR count). The van der Waals surface area contributed by atoms with Gasteiger partial charge < -0.3 is 9.47 Å². The van der Waals surface area contributed by atoms with Crippen molar-refractivity contribution >= 4 is 0 Å². The smallest absolute Gasteiger partial charge is 0.263 e. The number of rotatable bonds is 5. The summed E-state index contributed by atoms with van der Waals surface area (Å²) in [7, 11) is 1.55. The largest absolute Gasteiger partial charge is 0.496 e. The molecule has 3 aromatic rings. The Morgan fingerprint density at radius 3 is 2.42 bits per heavy atom. The van der Waals surface area contributed by atoms with E-state index in [1.165, 1.54) is 30.6 Å². The molecule has 7 heteroatoms. The van der Waals surface area contributed by atoms with Crippen molar-refractivity contribution in [3.8, 4) is 28.5 Å². The van der Waals surface area contributed by atoms with Crippen LogP contribution < -0.4 is 9.47 Å². The van der Waals surface area contributed by atoms with Crippen LogP contribution in [-0.4, -0.2) is 22.1 Å². The maximum Gasteiger partial charge on any atom is 0.263 e. The molecule has 122 valence electrons. The Bertz CT molecular complexity index is 826. The van der Waals surface area contributed by atoms with E-state index in [1.807, 2.05) is 0 Å². The summed E-state index contributed by atoms with van der Waals surface area (Å²) in [5.41, 5.74) is 1.18. The van der Waals surface area contributed by atoms with Crippen molar-refractivity contribution in [1.82, 2.24) is 15.0 Å². The third kappa shape index (κ3) is 3.29. The summed E-state index contributed by atoms with van der Waals surface area (Å²) in [6.07, 6.45) is 3.62. The monoisotopic (exact) mass is 329 g/mol. The Morgan fingerprint density at radius 1 is 0.958 bits per heavy atom. The lowest BCUT2D eigenvalue weighted by molar-refractivity contribution is 0.151. The number of pyridine rings is 1. The molecule has 0 spiro atoms. The van der Waals surface area contributed by atoms with Crippen molar-refractivity contribution in [2.45, 2.75) is 6.43 Å². The van der Waals surface area contributed by atoms with Gasteiger partial charge in [-0.3, -0.25) is 4.98 Å². The van der Waals surface area contributed by atoms with Crippen LogP contribution in [0, 0.1) is 0 Å². The van der Waals surface area contributed by atoms with Crippen molar-refractivity contribution in [2.75, 3.05) is 7.11 Å². The van der Waals surface area contributed by atoms with E-state index in [2.05, 4.69) is 15.0 Å². The van der Waals surface area contributed by atoms with Crippen LogP contribution in [0.5, 0.6) is 17.4 Å². The van der Waals surface area contributed by atoms with E-state index in [-0.39, 0.29) is 11.4 Å². The minimum atomic E-state index is -2.52. The van der Waals surface area contributed by atoms with Gasteiger partial charge in [0.15, 0.2) is 0 Å². The van der Waals surface area contributed by atoms with Crippen LogP contribution >= 0.6 is 0 Å². The topological polar surface area (TPSA) is 57.1 Å². The first-order valence-electron chi connectivity index (χ1n) is 7.03. The molecule has 0 aliphatic heterocycles. The molecule has 0 saturated heterocycles. The molecule has 2 heterocycles. The van der Waals surface area contributed by atoms with Crippen LogP contribution in [0.4, 0.5) is 8.78 Å². The van der Waals surface area contributed by atoms with Crippen molar-refractivity contribution in [2.24, 2.45) is 0 Å². The Balaban J connectivity index is 1.95. The van der Waals surface area contributed by atoms with Crippen LogP contribution in [-0.2, 0) is 0 Å².